The molecule has 2 N–H and O–H groups in total. The van der Waals surface area contributed by atoms with Crippen LogP contribution in [0.15, 0.2) is 29.3 Å². The van der Waals surface area contributed by atoms with Crippen LogP contribution in [0.1, 0.15) is 25.3 Å². The number of halogens is 2. The molecule has 0 amide bonds. The maximum absolute atomic E-state index is 13.7. The lowest BCUT2D eigenvalue weighted by atomic mass is 9.97. The number of piperidine rings is 1. The van der Waals surface area contributed by atoms with E-state index in [0.29, 0.717) is 18.0 Å². The number of aliphatic imine (C=N–C) groups is 1. The Kier molecular flexibility index (Phi) is 11.8. The van der Waals surface area contributed by atoms with Crippen molar-refractivity contribution in [1.29, 1.82) is 0 Å². The number of nitrogens with zero attached hydrogens (tertiary/aromatic N) is 2. The summed E-state index contributed by atoms with van der Waals surface area (Å²) >= 11 is 0. The fraction of sp³-hybridized carbons (Fsp3) is 0.632. The van der Waals surface area contributed by atoms with Gasteiger partial charge in [-0.1, -0.05) is 18.2 Å². The number of likely N-dealkylation sites (tertiary alicyclic amines) is 1. The molecule has 0 aliphatic carbocycles. The van der Waals surface area contributed by atoms with Crippen LogP contribution in [0.5, 0.6) is 0 Å². The monoisotopic (exact) mass is 478 g/mol. The van der Waals surface area contributed by atoms with Gasteiger partial charge in [0.1, 0.15) is 5.82 Å². The average Bonchev–Trinajstić information content (AvgIpc) is 2.64. The van der Waals surface area contributed by atoms with Gasteiger partial charge in [0.25, 0.3) is 0 Å². The first-order chi connectivity index (χ1) is 12.2. The Labute approximate surface area is 173 Å². The number of hydrogen-bond donors (Lipinski definition) is 2. The molecule has 148 valence electrons. The van der Waals surface area contributed by atoms with Crippen molar-refractivity contribution < 1.29 is 9.13 Å². The van der Waals surface area contributed by atoms with Crippen molar-refractivity contribution in [3.05, 3.63) is 35.6 Å². The lowest BCUT2D eigenvalue weighted by Gasteiger charge is -2.32. The molecule has 1 fully saturated rings. The van der Waals surface area contributed by atoms with Gasteiger partial charge in [0, 0.05) is 32.3 Å². The zero-order valence-corrected chi connectivity index (χ0v) is 18.2. The van der Waals surface area contributed by atoms with E-state index in [9.17, 15) is 4.39 Å². The number of benzene rings is 1. The van der Waals surface area contributed by atoms with Gasteiger partial charge in [-0.15, -0.1) is 24.0 Å². The summed E-state index contributed by atoms with van der Waals surface area (Å²) in [6, 6.07) is 6.79. The Balaban J connectivity index is 0.00000338. The summed E-state index contributed by atoms with van der Waals surface area (Å²) in [7, 11) is 1.75. The number of nitrogens with one attached hydrogen (secondary N) is 2. The zero-order chi connectivity index (χ0) is 17.9. The third-order valence-corrected chi connectivity index (χ3v) is 4.59. The highest BCUT2D eigenvalue weighted by Crippen LogP contribution is 2.16. The summed E-state index contributed by atoms with van der Waals surface area (Å²) in [6.45, 7) is 8.14. The van der Waals surface area contributed by atoms with Crippen LogP contribution in [0.25, 0.3) is 0 Å². The van der Waals surface area contributed by atoms with E-state index in [1.165, 1.54) is 18.9 Å². The third kappa shape index (κ3) is 8.18. The molecule has 0 atom stereocenters. The van der Waals surface area contributed by atoms with Crippen LogP contribution in [0.3, 0.4) is 0 Å². The quantitative estimate of drug-likeness (QED) is 0.343. The summed E-state index contributed by atoms with van der Waals surface area (Å²) in [5.41, 5.74) is 0.617. The zero-order valence-electron chi connectivity index (χ0n) is 15.8. The van der Waals surface area contributed by atoms with E-state index in [1.54, 1.807) is 19.2 Å². The first kappa shape index (κ1) is 23.1. The Hall–Kier alpha value is -0.930. The molecular weight excluding hydrogens is 446 g/mol. The van der Waals surface area contributed by atoms with Crippen molar-refractivity contribution in [3.63, 3.8) is 0 Å². The van der Waals surface area contributed by atoms with Crippen LogP contribution in [0.2, 0.25) is 0 Å². The van der Waals surface area contributed by atoms with Crippen LogP contribution >= 0.6 is 24.0 Å². The van der Waals surface area contributed by atoms with E-state index in [-0.39, 0.29) is 29.8 Å². The van der Waals surface area contributed by atoms with Crippen LogP contribution in [0.4, 0.5) is 4.39 Å². The number of hydrogen-bond acceptors (Lipinski definition) is 3. The van der Waals surface area contributed by atoms with Gasteiger partial charge in [-0.05, 0) is 44.8 Å². The van der Waals surface area contributed by atoms with Gasteiger partial charge in [0.2, 0.25) is 0 Å². The molecule has 5 nitrogen and oxygen atoms in total. The van der Waals surface area contributed by atoms with Gasteiger partial charge < -0.3 is 20.3 Å². The van der Waals surface area contributed by atoms with Gasteiger partial charge in [-0.3, -0.25) is 0 Å². The van der Waals surface area contributed by atoms with Crippen LogP contribution < -0.4 is 10.6 Å². The van der Waals surface area contributed by atoms with Crippen molar-refractivity contribution >= 4 is 29.9 Å². The smallest absolute Gasteiger partial charge is 0.191 e. The Bertz CT molecular complexity index is 536. The van der Waals surface area contributed by atoms with Crippen LogP contribution in [-0.4, -0.2) is 57.3 Å². The van der Waals surface area contributed by atoms with Gasteiger partial charge in [0.05, 0.1) is 13.2 Å². The van der Waals surface area contributed by atoms with Crippen molar-refractivity contribution in [2.24, 2.45) is 10.9 Å². The predicted octanol–water partition coefficient (Wildman–Crippen LogP) is 2.86. The summed E-state index contributed by atoms with van der Waals surface area (Å²) in [5.74, 6) is 1.20. The normalized spacial score (nSPS) is 16.2. The molecule has 1 aliphatic heterocycles. The molecule has 26 heavy (non-hydrogen) atoms. The highest BCUT2D eigenvalue weighted by atomic mass is 127. The van der Waals surface area contributed by atoms with Crippen molar-refractivity contribution in [3.8, 4) is 0 Å². The van der Waals surface area contributed by atoms with E-state index in [4.69, 9.17) is 4.74 Å². The summed E-state index contributed by atoms with van der Waals surface area (Å²) in [6.07, 6.45) is 2.37. The van der Waals surface area contributed by atoms with E-state index in [2.05, 4.69) is 20.5 Å². The van der Waals surface area contributed by atoms with E-state index < -0.39 is 0 Å². The van der Waals surface area contributed by atoms with Gasteiger partial charge in [-0.2, -0.15) is 0 Å². The molecule has 1 aromatic rings. The SMILES string of the molecule is CCNC(=NCc1ccccc1F)NCC1CCN(CCOC)CC1.I. The van der Waals surface area contributed by atoms with Crippen molar-refractivity contribution in [2.45, 2.75) is 26.3 Å². The number of rotatable bonds is 8. The molecular formula is C19H32FIN4O. The number of ether oxygens (including phenoxy) is 1. The minimum absolute atomic E-state index is 0. The second kappa shape index (κ2) is 13.3. The minimum Gasteiger partial charge on any atom is -0.383 e. The van der Waals surface area contributed by atoms with Gasteiger partial charge in [0.15, 0.2) is 5.96 Å². The second-order valence-electron chi connectivity index (χ2n) is 6.45. The Morgan fingerprint density at radius 3 is 2.65 bits per heavy atom. The molecule has 0 radical (unpaired) electrons. The molecule has 7 heteroatoms. The van der Waals surface area contributed by atoms with E-state index in [0.717, 1.165) is 45.3 Å². The summed E-state index contributed by atoms with van der Waals surface area (Å²) in [5, 5.41) is 6.65. The maximum atomic E-state index is 13.7. The predicted molar refractivity (Wildman–Crippen MR) is 116 cm³/mol. The summed E-state index contributed by atoms with van der Waals surface area (Å²) in [4.78, 5) is 6.97. The molecule has 0 saturated carbocycles. The molecule has 1 saturated heterocycles. The van der Waals surface area contributed by atoms with Crippen LogP contribution in [0, 0.1) is 11.7 Å². The Morgan fingerprint density at radius 2 is 2.00 bits per heavy atom. The second-order valence-corrected chi connectivity index (χ2v) is 6.45. The molecule has 1 aliphatic rings. The average molecular weight is 478 g/mol. The highest BCUT2D eigenvalue weighted by Gasteiger charge is 2.19. The largest absolute Gasteiger partial charge is 0.383 e. The Morgan fingerprint density at radius 1 is 1.27 bits per heavy atom. The number of methoxy groups -OCH3 is 1. The third-order valence-electron chi connectivity index (χ3n) is 4.59. The first-order valence-electron chi connectivity index (χ1n) is 9.19. The van der Waals surface area contributed by atoms with Gasteiger partial charge in [-0.25, -0.2) is 9.38 Å². The molecule has 2 rings (SSSR count). The molecule has 1 heterocycles. The van der Waals surface area contributed by atoms with Crippen molar-refractivity contribution in [2.75, 3.05) is 46.4 Å². The lowest BCUT2D eigenvalue weighted by Crippen LogP contribution is -2.43. The van der Waals surface area contributed by atoms with E-state index >= 15 is 0 Å². The fourth-order valence-electron chi connectivity index (χ4n) is 3.01. The summed E-state index contributed by atoms with van der Waals surface area (Å²) < 4.78 is 18.8. The highest BCUT2D eigenvalue weighted by molar-refractivity contribution is 14.0. The topological polar surface area (TPSA) is 48.9 Å². The van der Waals surface area contributed by atoms with Gasteiger partial charge >= 0.3 is 0 Å². The van der Waals surface area contributed by atoms with Crippen molar-refractivity contribution in [1.82, 2.24) is 15.5 Å². The molecule has 1 aromatic carbocycles. The fourth-order valence-corrected chi connectivity index (χ4v) is 3.01. The minimum atomic E-state index is -0.203. The maximum Gasteiger partial charge on any atom is 0.191 e. The molecule has 0 bridgehead atoms. The lowest BCUT2D eigenvalue weighted by molar-refractivity contribution is 0.121. The molecule has 0 spiro atoms. The molecule has 0 unspecified atom stereocenters. The van der Waals surface area contributed by atoms with Crippen LogP contribution in [-0.2, 0) is 11.3 Å². The molecule has 0 aromatic heterocycles. The van der Waals surface area contributed by atoms with E-state index in [1.807, 2.05) is 13.0 Å². The first-order valence-corrected chi connectivity index (χ1v) is 9.19. The number of guanidine groups is 1. The standard InChI is InChI=1S/C19H31FN4O.HI/c1-3-21-19(23-15-17-6-4-5-7-18(17)20)22-14-16-8-10-24(11-9-16)12-13-25-2;/h4-7,16H,3,8-15H2,1-2H3,(H2,21,22,23);1H.